The number of benzene rings is 2. The van der Waals surface area contributed by atoms with Gasteiger partial charge in [0.2, 0.25) is 5.91 Å². The molecule has 2 heterocycles. The third-order valence-electron chi connectivity index (χ3n) is 6.23. The molecule has 1 aliphatic heterocycles. The molecular weight excluding hydrogens is 390 g/mol. The highest BCUT2D eigenvalue weighted by atomic mass is 16.2. The summed E-state index contributed by atoms with van der Waals surface area (Å²) >= 11 is 0. The van der Waals surface area contributed by atoms with Crippen molar-refractivity contribution >= 4 is 28.5 Å². The van der Waals surface area contributed by atoms with Gasteiger partial charge in [0.15, 0.2) is 0 Å². The van der Waals surface area contributed by atoms with Gasteiger partial charge in [-0.15, -0.1) is 0 Å². The lowest BCUT2D eigenvalue weighted by atomic mass is 10.1. The standard InChI is InChI=1S/C24H27N5O2/c1-27(2)18-11-9-16(10-12-18)23(30)28-13-14-29(24(31)17-7-8-17)21(15-28)22-25-19-5-3-4-6-20(19)26-22/h3-6,9-12,17,21H,7-8,13-15H2,1-2H3,(H,25,26). The summed E-state index contributed by atoms with van der Waals surface area (Å²) in [6.45, 7) is 1.49. The van der Waals surface area contributed by atoms with E-state index in [1.165, 1.54) is 0 Å². The SMILES string of the molecule is CN(C)c1ccc(C(=O)N2CCN(C(=O)C3CC3)C(c3nc4ccccc4[nH]3)C2)cc1. The monoisotopic (exact) mass is 417 g/mol. The Morgan fingerprint density at radius 2 is 1.77 bits per heavy atom. The number of piperazine rings is 1. The number of H-pyrrole nitrogens is 1. The zero-order valence-electron chi connectivity index (χ0n) is 17.9. The van der Waals surface area contributed by atoms with Crippen LogP contribution in [0.5, 0.6) is 0 Å². The van der Waals surface area contributed by atoms with E-state index in [9.17, 15) is 9.59 Å². The maximum Gasteiger partial charge on any atom is 0.253 e. The molecule has 1 atom stereocenters. The lowest BCUT2D eigenvalue weighted by Gasteiger charge is -2.40. The van der Waals surface area contributed by atoms with E-state index in [1.54, 1.807) is 0 Å². The van der Waals surface area contributed by atoms with Crippen LogP contribution in [0.1, 0.15) is 35.1 Å². The minimum Gasteiger partial charge on any atom is -0.378 e. The maximum absolute atomic E-state index is 13.2. The molecule has 1 unspecified atom stereocenters. The summed E-state index contributed by atoms with van der Waals surface area (Å²) in [7, 11) is 3.95. The van der Waals surface area contributed by atoms with Gasteiger partial charge in [-0.25, -0.2) is 4.98 Å². The number of nitrogens with zero attached hydrogens (tertiary/aromatic N) is 4. The van der Waals surface area contributed by atoms with Gasteiger partial charge in [0.25, 0.3) is 5.91 Å². The van der Waals surface area contributed by atoms with Crippen molar-refractivity contribution in [2.45, 2.75) is 18.9 Å². The predicted octanol–water partition coefficient (Wildman–Crippen LogP) is 3.06. The Labute approximate surface area is 181 Å². The van der Waals surface area contributed by atoms with Crippen molar-refractivity contribution < 1.29 is 9.59 Å². The number of hydrogen-bond acceptors (Lipinski definition) is 4. The molecule has 1 aromatic heterocycles. The van der Waals surface area contributed by atoms with Gasteiger partial charge in [-0.1, -0.05) is 12.1 Å². The van der Waals surface area contributed by atoms with E-state index in [1.807, 2.05) is 77.3 Å². The Balaban J connectivity index is 1.42. The molecule has 5 rings (SSSR count). The lowest BCUT2D eigenvalue weighted by molar-refractivity contribution is -0.137. The van der Waals surface area contributed by atoms with Gasteiger partial charge in [-0.3, -0.25) is 9.59 Å². The second-order valence-electron chi connectivity index (χ2n) is 8.65. The van der Waals surface area contributed by atoms with Crippen LogP contribution in [0.4, 0.5) is 5.69 Å². The third kappa shape index (κ3) is 3.76. The number of aromatic amines is 1. The topological polar surface area (TPSA) is 72.5 Å². The number of imidazole rings is 1. The molecule has 1 saturated carbocycles. The molecule has 1 N–H and O–H groups in total. The van der Waals surface area contributed by atoms with Gasteiger partial charge < -0.3 is 19.7 Å². The second-order valence-corrected chi connectivity index (χ2v) is 8.65. The molecule has 31 heavy (non-hydrogen) atoms. The highest BCUT2D eigenvalue weighted by Crippen LogP contribution is 2.35. The second kappa shape index (κ2) is 7.72. The average molecular weight is 418 g/mol. The van der Waals surface area contributed by atoms with Gasteiger partial charge in [0.05, 0.1) is 11.0 Å². The number of anilines is 1. The first-order chi connectivity index (χ1) is 15.0. The average Bonchev–Trinajstić information content (AvgIpc) is 3.56. The largest absolute Gasteiger partial charge is 0.378 e. The van der Waals surface area contributed by atoms with E-state index in [4.69, 9.17) is 4.98 Å². The molecule has 1 saturated heterocycles. The molecule has 7 nitrogen and oxygen atoms in total. The van der Waals surface area contributed by atoms with Crippen LogP contribution < -0.4 is 4.90 Å². The summed E-state index contributed by atoms with van der Waals surface area (Å²) in [6.07, 6.45) is 1.92. The van der Waals surface area contributed by atoms with Crippen LogP contribution in [0.15, 0.2) is 48.5 Å². The van der Waals surface area contributed by atoms with Gasteiger partial charge in [-0.05, 0) is 49.2 Å². The summed E-state index contributed by atoms with van der Waals surface area (Å²) in [4.78, 5) is 40.1. The zero-order chi connectivity index (χ0) is 21.5. The number of carbonyl (C=O) groups excluding carboxylic acids is 2. The molecule has 160 valence electrons. The molecule has 0 spiro atoms. The van der Waals surface area contributed by atoms with Gasteiger partial charge in [0, 0.05) is 50.9 Å². The molecule has 7 heteroatoms. The first-order valence-electron chi connectivity index (χ1n) is 10.8. The van der Waals surface area contributed by atoms with Crippen molar-refractivity contribution in [1.29, 1.82) is 0 Å². The van der Waals surface area contributed by atoms with E-state index in [2.05, 4.69) is 4.98 Å². The molecule has 2 fully saturated rings. The summed E-state index contributed by atoms with van der Waals surface area (Å²) in [5.74, 6) is 1.06. The first kappa shape index (κ1) is 19.6. The van der Waals surface area contributed by atoms with Crippen molar-refractivity contribution in [1.82, 2.24) is 19.8 Å². The van der Waals surface area contributed by atoms with E-state index >= 15 is 0 Å². The Kier molecular flexibility index (Phi) is 4.88. The van der Waals surface area contributed by atoms with E-state index in [-0.39, 0.29) is 23.8 Å². The highest BCUT2D eigenvalue weighted by Gasteiger charge is 2.41. The van der Waals surface area contributed by atoms with Gasteiger partial charge in [0.1, 0.15) is 11.9 Å². The van der Waals surface area contributed by atoms with Crippen LogP contribution in [-0.4, -0.2) is 65.3 Å². The minimum atomic E-state index is -0.265. The Bertz CT molecular complexity index is 1080. The van der Waals surface area contributed by atoms with E-state index < -0.39 is 0 Å². The predicted molar refractivity (Wildman–Crippen MR) is 120 cm³/mol. The number of nitrogens with one attached hydrogen (secondary N) is 1. The Hall–Kier alpha value is -3.35. The summed E-state index contributed by atoms with van der Waals surface area (Å²) in [5, 5.41) is 0. The number of hydrogen-bond donors (Lipinski definition) is 1. The fourth-order valence-electron chi connectivity index (χ4n) is 4.25. The van der Waals surface area contributed by atoms with Gasteiger partial charge in [-0.2, -0.15) is 0 Å². The summed E-state index contributed by atoms with van der Waals surface area (Å²) in [5.41, 5.74) is 3.53. The fourth-order valence-corrected chi connectivity index (χ4v) is 4.25. The fraction of sp³-hybridized carbons (Fsp3) is 0.375. The van der Waals surface area contributed by atoms with Crippen molar-refractivity contribution in [3.8, 4) is 0 Å². The molecule has 0 bridgehead atoms. The normalized spacial score (nSPS) is 19.0. The van der Waals surface area contributed by atoms with Crippen molar-refractivity contribution in [2.75, 3.05) is 38.6 Å². The Morgan fingerprint density at radius 1 is 1.03 bits per heavy atom. The van der Waals surface area contributed by atoms with Crippen molar-refractivity contribution in [2.24, 2.45) is 5.92 Å². The van der Waals surface area contributed by atoms with Gasteiger partial charge >= 0.3 is 0 Å². The summed E-state index contributed by atoms with van der Waals surface area (Å²) < 4.78 is 0. The molecule has 1 aliphatic carbocycles. The zero-order valence-corrected chi connectivity index (χ0v) is 17.9. The smallest absolute Gasteiger partial charge is 0.253 e. The molecule has 2 aromatic carbocycles. The Morgan fingerprint density at radius 3 is 2.45 bits per heavy atom. The lowest BCUT2D eigenvalue weighted by Crippen LogP contribution is -2.53. The number of amides is 2. The van der Waals surface area contributed by atoms with Crippen LogP contribution >= 0.6 is 0 Å². The number of fused-ring (bicyclic) bond motifs is 1. The number of aromatic nitrogens is 2. The number of para-hydroxylation sites is 2. The van der Waals surface area contributed by atoms with Crippen LogP contribution in [0, 0.1) is 5.92 Å². The molecule has 0 radical (unpaired) electrons. The van der Waals surface area contributed by atoms with Crippen molar-refractivity contribution in [3.05, 3.63) is 59.9 Å². The minimum absolute atomic E-state index is 0.00932. The number of rotatable bonds is 4. The third-order valence-corrected chi connectivity index (χ3v) is 6.23. The molecule has 2 aliphatic rings. The van der Waals surface area contributed by atoms with E-state index in [0.29, 0.717) is 25.2 Å². The first-order valence-corrected chi connectivity index (χ1v) is 10.8. The van der Waals surface area contributed by atoms with Crippen LogP contribution in [0.3, 0.4) is 0 Å². The van der Waals surface area contributed by atoms with Crippen LogP contribution in [-0.2, 0) is 4.79 Å². The number of carbonyl (C=O) groups is 2. The molecule has 3 aromatic rings. The van der Waals surface area contributed by atoms with Crippen molar-refractivity contribution in [3.63, 3.8) is 0 Å². The maximum atomic E-state index is 13.2. The van der Waals surface area contributed by atoms with Crippen LogP contribution in [0.25, 0.3) is 11.0 Å². The highest BCUT2D eigenvalue weighted by molar-refractivity contribution is 5.95. The molecular formula is C24H27N5O2. The quantitative estimate of drug-likeness (QED) is 0.708. The van der Waals surface area contributed by atoms with E-state index in [0.717, 1.165) is 35.4 Å². The van der Waals surface area contributed by atoms with Crippen LogP contribution in [0.2, 0.25) is 0 Å². The molecule has 2 amide bonds. The summed E-state index contributed by atoms with van der Waals surface area (Å²) in [6, 6.07) is 15.2.